The van der Waals surface area contributed by atoms with Gasteiger partial charge in [-0.1, -0.05) is 0 Å². The average Bonchev–Trinajstić information content (AvgIpc) is 2.75. The molecule has 0 unspecified atom stereocenters. The van der Waals surface area contributed by atoms with Gasteiger partial charge in [-0.25, -0.2) is 23.5 Å². The van der Waals surface area contributed by atoms with Crippen LogP contribution in [0, 0.1) is 11.6 Å². The summed E-state index contributed by atoms with van der Waals surface area (Å²) in [5, 5.41) is 2.45. The smallest absolute Gasteiger partial charge is 0.322 e. The molecule has 1 N–H and O–H groups in total. The summed E-state index contributed by atoms with van der Waals surface area (Å²) < 4.78 is 28.4. The first kappa shape index (κ1) is 19.7. The van der Waals surface area contributed by atoms with Crippen molar-refractivity contribution in [1.82, 2.24) is 19.4 Å². The van der Waals surface area contributed by atoms with E-state index in [1.807, 2.05) is 11.8 Å². The maximum absolute atomic E-state index is 13.8. The highest BCUT2D eigenvalue weighted by atomic mass is 19.1. The molecule has 156 valence electrons. The molecule has 2 amide bonds. The quantitative estimate of drug-likeness (QED) is 0.712. The van der Waals surface area contributed by atoms with Crippen LogP contribution >= 0.6 is 0 Å². The Morgan fingerprint density at radius 3 is 2.63 bits per heavy atom. The van der Waals surface area contributed by atoms with Crippen LogP contribution < -0.4 is 15.8 Å². The van der Waals surface area contributed by atoms with Gasteiger partial charge in [-0.2, -0.15) is 0 Å². The van der Waals surface area contributed by atoms with Gasteiger partial charge < -0.3 is 15.1 Å². The molecule has 1 aliphatic rings. The van der Waals surface area contributed by atoms with Crippen LogP contribution in [0.2, 0.25) is 0 Å². The van der Waals surface area contributed by atoms with Crippen molar-refractivity contribution in [3.63, 3.8) is 0 Å². The normalized spacial score (nSPS) is 14.2. The first-order valence-electron chi connectivity index (χ1n) is 9.59. The van der Waals surface area contributed by atoms with E-state index >= 15 is 0 Å². The van der Waals surface area contributed by atoms with Gasteiger partial charge in [0.05, 0.1) is 5.69 Å². The molecule has 3 heterocycles. The lowest BCUT2D eigenvalue weighted by molar-refractivity contribution is 0.208. The Bertz CT molecular complexity index is 1160. The molecule has 1 saturated heterocycles. The van der Waals surface area contributed by atoms with Crippen LogP contribution in [0.5, 0.6) is 0 Å². The number of carbonyl (C=O) groups excluding carboxylic acids is 1. The number of pyridine rings is 1. The summed E-state index contributed by atoms with van der Waals surface area (Å²) in [5.41, 5.74) is 0.849. The molecule has 0 aliphatic carbocycles. The van der Waals surface area contributed by atoms with Crippen molar-refractivity contribution >= 4 is 28.7 Å². The SMILES string of the molecule is CCn1c(=O)c(N2CCN(C(=O)Nc3ccc(F)cc3F)CC2)nc2cccnc21. The van der Waals surface area contributed by atoms with Crippen LogP contribution in [-0.2, 0) is 6.54 Å². The second kappa shape index (κ2) is 8.05. The number of nitrogens with one attached hydrogen (secondary N) is 1. The fourth-order valence-electron chi connectivity index (χ4n) is 3.47. The minimum atomic E-state index is -0.837. The first-order valence-corrected chi connectivity index (χ1v) is 9.59. The third kappa shape index (κ3) is 3.68. The molecule has 0 spiro atoms. The maximum Gasteiger partial charge on any atom is 0.322 e. The Morgan fingerprint density at radius 2 is 1.93 bits per heavy atom. The summed E-state index contributed by atoms with van der Waals surface area (Å²) >= 11 is 0. The van der Waals surface area contributed by atoms with Crippen LogP contribution in [0.25, 0.3) is 11.2 Å². The molecule has 1 fully saturated rings. The van der Waals surface area contributed by atoms with Gasteiger partial charge in [-0.3, -0.25) is 9.36 Å². The number of piperazine rings is 1. The summed E-state index contributed by atoms with van der Waals surface area (Å²) in [6.07, 6.45) is 1.62. The highest BCUT2D eigenvalue weighted by molar-refractivity contribution is 5.89. The predicted octanol–water partition coefficient (Wildman–Crippen LogP) is 2.44. The number of anilines is 2. The number of fused-ring (bicyclic) bond motifs is 1. The van der Waals surface area contributed by atoms with Crippen molar-refractivity contribution in [3.05, 3.63) is 58.5 Å². The van der Waals surface area contributed by atoms with E-state index in [-0.39, 0.29) is 11.2 Å². The number of nitrogens with zero attached hydrogens (tertiary/aromatic N) is 5. The van der Waals surface area contributed by atoms with Gasteiger partial charge in [0.25, 0.3) is 5.56 Å². The predicted molar refractivity (Wildman–Crippen MR) is 109 cm³/mol. The van der Waals surface area contributed by atoms with Crippen molar-refractivity contribution in [2.45, 2.75) is 13.5 Å². The standard InChI is InChI=1S/C20H20F2N6O2/c1-2-28-17-16(4-3-7-23-17)24-18(19(28)29)26-8-10-27(11-9-26)20(30)25-15-6-5-13(21)12-14(15)22/h3-7,12H,2,8-11H2,1H3,(H,25,30). The van der Waals surface area contributed by atoms with Crippen LogP contribution in [0.3, 0.4) is 0 Å². The number of benzene rings is 1. The molecular weight excluding hydrogens is 394 g/mol. The molecular formula is C20H20F2N6O2. The minimum Gasteiger partial charge on any atom is -0.348 e. The highest BCUT2D eigenvalue weighted by Crippen LogP contribution is 2.18. The molecule has 2 aromatic heterocycles. The van der Waals surface area contributed by atoms with Gasteiger partial charge in [0.15, 0.2) is 11.5 Å². The van der Waals surface area contributed by atoms with Gasteiger partial charge in [0.2, 0.25) is 0 Å². The van der Waals surface area contributed by atoms with E-state index in [0.29, 0.717) is 55.8 Å². The number of halogens is 2. The van der Waals surface area contributed by atoms with E-state index < -0.39 is 17.7 Å². The van der Waals surface area contributed by atoms with E-state index in [0.717, 1.165) is 6.07 Å². The van der Waals surface area contributed by atoms with Crippen molar-refractivity contribution in [3.8, 4) is 0 Å². The van der Waals surface area contributed by atoms with Gasteiger partial charge >= 0.3 is 6.03 Å². The summed E-state index contributed by atoms with van der Waals surface area (Å²) in [6.45, 7) is 3.79. The van der Waals surface area contributed by atoms with Gasteiger partial charge in [0.1, 0.15) is 17.2 Å². The zero-order valence-electron chi connectivity index (χ0n) is 16.3. The molecule has 8 nitrogen and oxygen atoms in total. The van der Waals surface area contributed by atoms with Crippen LogP contribution in [0.15, 0.2) is 41.3 Å². The number of hydrogen-bond donors (Lipinski definition) is 1. The molecule has 3 aromatic rings. The topological polar surface area (TPSA) is 83.4 Å². The van der Waals surface area contributed by atoms with E-state index in [9.17, 15) is 18.4 Å². The van der Waals surface area contributed by atoms with Crippen molar-refractivity contribution in [2.75, 3.05) is 36.4 Å². The number of aryl methyl sites for hydroxylation is 1. The molecule has 0 bridgehead atoms. The lowest BCUT2D eigenvalue weighted by Crippen LogP contribution is -2.51. The Labute approximate surface area is 170 Å². The first-order chi connectivity index (χ1) is 14.5. The zero-order valence-corrected chi connectivity index (χ0v) is 16.3. The number of hydrogen-bond acceptors (Lipinski definition) is 5. The Kier molecular flexibility index (Phi) is 5.30. The summed E-state index contributed by atoms with van der Waals surface area (Å²) in [4.78, 5) is 37.4. The monoisotopic (exact) mass is 414 g/mol. The van der Waals surface area contributed by atoms with Crippen molar-refractivity contribution in [1.29, 1.82) is 0 Å². The van der Waals surface area contributed by atoms with E-state index in [1.165, 1.54) is 11.0 Å². The number of amides is 2. The van der Waals surface area contributed by atoms with E-state index in [1.54, 1.807) is 22.9 Å². The Hall–Kier alpha value is -3.56. The number of aromatic nitrogens is 3. The van der Waals surface area contributed by atoms with E-state index in [4.69, 9.17) is 0 Å². The summed E-state index contributed by atoms with van der Waals surface area (Å²) in [7, 11) is 0. The maximum atomic E-state index is 13.8. The molecule has 0 radical (unpaired) electrons. The third-order valence-corrected chi connectivity index (χ3v) is 5.04. The largest absolute Gasteiger partial charge is 0.348 e. The zero-order chi connectivity index (χ0) is 21.3. The molecule has 4 rings (SSSR count). The fourth-order valence-corrected chi connectivity index (χ4v) is 3.47. The van der Waals surface area contributed by atoms with Crippen LogP contribution in [0.4, 0.5) is 25.1 Å². The van der Waals surface area contributed by atoms with Gasteiger partial charge in [0, 0.05) is 45.0 Å². The van der Waals surface area contributed by atoms with Gasteiger partial charge in [-0.15, -0.1) is 0 Å². The fraction of sp³-hybridized carbons (Fsp3) is 0.300. The number of carbonyl (C=O) groups is 1. The third-order valence-electron chi connectivity index (χ3n) is 5.04. The second-order valence-electron chi connectivity index (χ2n) is 6.86. The molecule has 30 heavy (non-hydrogen) atoms. The lowest BCUT2D eigenvalue weighted by atomic mass is 10.3. The highest BCUT2D eigenvalue weighted by Gasteiger charge is 2.25. The molecule has 10 heteroatoms. The lowest BCUT2D eigenvalue weighted by Gasteiger charge is -2.35. The van der Waals surface area contributed by atoms with Crippen LogP contribution in [-0.4, -0.2) is 51.6 Å². The Balaban J connectivity index is 1.49. The van der Waals surface area contributed by atoms with Crippen LogP contribution in [0.1, 0.15) is 6.92 Å². The van der Waals surface area contributed by atoms with Gasteiger partial charge in [-0.05, 0) is 31.2 Å². The average molecular weight is 414 g/mol. The Morgan fingerprint density at radius 1 is 1.17 bits per heavy atom. The van der Waals surface area contributed by atoms with Crippen molar-refractivity contribution < 1.29 is 13.6 Å². The summed E-state index contributed by atoms with van der Waals surface area (Å²) in [5.74, 6) is -1.23. The van der Waals surface area contributed by atoms with Crippen molar-refractivity contribution in [2.24, 2.45) is 0 Å². The molecule has 1 aliphatic heterocycles. The minimum absolute atomic E-state index is 0.0849. The molecule has 0 saturated carbocycles. The number of rotatable bonds is 3. The molecule has 0 atom stereocenters. The second-order valence-corrected chi connectivity index (χ2v) is 6.86. The number of urea groups is 1. The summed E-state index contributed by atoms with van der Waals surface area (Å²) in [6, 6.07) is 6.06. The van der Waals surface area contributed by atoms with E-state index in [2.05, 4.69) is 15.3 Å². The molecule has 1 aromatic carbocycles.